The molecule has 0 bridgehead atoms. The van der Waals surface area contributed by atoms with Crippen LogP contribution in [-0.2, 0) is 14.1 Å². The van der Waals surface area contributed by atoms with E-state index in [2.05, 4.69) is 407 Å². The third kappa shape index (κ3) is 10.4. The Balaban J connectivity index is 0.939. The highest BCUT2D eigenvalue weighted by Gasteiger charge is 2.33. The molecule has 0 saturated heterocycles. The van der Waals surface area contributed by atoms with Crippen LogP contribution in [0, 0.1) is 0 Å². The monoisotopic (exact) mass is 1210 g/mol. The van der Waals surface area contributed by atoms with Crippen LogP contribution in [0.5, 0.6) is 0 Å². The summed E-state index contributed by atoms with van der Waals surface area (Å²) in [6, 6.07) is 131. The average Bonchev–Trinajstić information content (AvgIpc) is 0.699. The Morgan fingerprint density at radius 1 is 0.160 bits per heavy atom. The molecule has 0 aliphatic rings. The Labute approximate surface area is 549 Å². The van der Waals surface area contributed by atoms with Crippen molar-refractivity contribution in [2.75, 3.05) is 19.6 Å². The van der Waals surface area contributed by atoms with E-state index in [0.29, 0.717) is 0 Å². The third-order valence-electron chi connectivity index (χ3n) is 18.2. The molecule has 0 aliphatic heterocycles. The molecule has 6 nitrogen and oxygen atoms in total. The maximum atomic E-state index is 2.44. The van der Waals surface area contributed by atoms with Gasteiger partial charge in [-0.1, -0.05) is 146 Å². The molecule has 6 heteroatoms. The van der Waals surface area contributed by atoms with E-state index in [1.54, 1.807) is 0 Å². The van der Waals surface area contributed by atoms with Crippen LogP contribution < -0.4 is 28.7 Å². The minimum Gasteiger partial charge on any atom is -0.311 e. The highest BCUT2D eigenvalue weighted by molar-refractivity contribution is 6.29. The Kier molecular flexibility index (Phi) is 15.0. The standard InChI is InChI=1S/C88H66N6/c1-89-85(63-43-51-75(52-44-63)91(67-27-11-3-12-28-67)68-29-13-4-14-30-68)79-59-61-81-84-82(62-60-80(83(79)84)86(89)64-45-53-76(54-46-64)92(69-31-15-5-16-32-69)70-33-17-6-18-34-70)88(66-49-57-78(58-50-66)94(73-39-23-9-24-40-73)74-41-25-10-26-42-74)90(2)87(81)65-47-55-77(56-48-65)93(71-35-19-7-20-36-71)72-37-21-8-22-38-72/h3-62H,1-2H3/q+2. The van der Waals surface area contributed by atoms with E-state index in [4.69, 9.17) is 0 Å². The topological polar surface area (TPSA) is 20.7 Å². The van der Waals surface area contributed by atoms with Crippen molar-refractivity contribution in [2.24, 2.45) is 14.1 Å². The second kappa shape index (κ2) is 24.8. The molecule has 0 radical (unpaired) electrons. The molecule has 2 heterocycles. The third-order valence-corrected chi connectivity index (χ3v) is 18.2. The fraction of sp³-hybridized carbons (Fsp3) is 0.0227. The van der Waals surface area contributed by atoms with Gasteiger partial charge in [-0.25, -0.2) is 0 Å². The van der Waals surface area contributed by atoms with Gasteiger partial charge in [0, 0.05) is 101 Å². The molecule has 2 aromatic heterocycles. The molecule has 0 unspecified atom stereocenters. The van der Waals surface area contributed by atoms with Crippen molar-refractivity contribution in [3.05, 3.63) is 364 Å². The van der Waals surface area contributed by atoms with Crippen molar-refractivity contribution in [3.63, 3.8) is 0 Å². The summed E-state index contributed by atoms with van der Waals surface area (Å²) >= 11 is 0. The highest BCUT2D eigenvalue weighted by atomic mass is 15.2. The van der Waals surface area contributed by atoms with Gasteiger partial charge in [-0.15, -0.1) is 0 Å². The maximum Gasteiger partial charge on any atom is 0.220 e. The number of para-hydroxylation sites is 8. The van der Waals surface area contributed by atoms with Crippen molar-refractivity contribution < 1.29 is 9.13 Å². The largest absolute Gasteiger partial charge is 0.311 e. The number of hydrogen-bond acceptors (Lipinski definition) is 4. The quantitative estimate of drug-likeness (QED) is 0.0710. The second-order valence-corrected chi connectivity index (χ2v) is 23.8. The van der Waals surface area contributed by atoms with Crippen LogP contribution in [0.25, 0.3) is 77.3 Å². The Hall–Kier alpha value is -12.4. The van der Waals surface area contributed by atoms with Crippen molar-refractivity contribution in [1.82, 2.24) is 0 Å². The van der Waals surface area contributed by atoms with Crippen LogP contribution in [0.4, 0.5) is 68.2 Å². The van der Waals surface area contributed by atoms with Crippen molar-refractivity contribution in [1.29, 1.82) is 0 Å². The zero-order valence-corrected chi connectivity index (χ0v) is 52.3. The zero-order chi connectivity index (χ0) is 62.9. The number of hydrogen-bond donors (Lipinski definition) is 0. The number of aromatic nitrogens is 2. The molecular weight excluding hydrogens is 1140 g/mol. The summed E-state index contributed by atoms with van der Waals surface area (Å²) < 4.78 is 4.89. The SMILES string of the molecule is C[n+]1c(-c2ccc(N(c3ccccc3)c3ccccc3)cc2)c2ccc3c(-c4ccc(N(c5ccccc5)c5ccccc5)cc4)[n+](C)c(-c4ccc(N(c5ccccc5)c5ccccc5)cc4)c4ccc(c1-c1ccc(N(c5ccccc5)c5ccccc5)cc1)c2c34. The zero-order valence-electron chi connectivity index (χ0n) is 52.3. The lowest BCUT2D eigenvalue weighted by atomic mass is 9.87. The highest BCUT2D eigenvalue weighted by Crippen LogP contribution is 2.48. The predicted octanol–water partition coefficient (Wildman–Crippen LogP) is 22.8. The molecule has 0 atom stereocenters. The molecule has 14 aromatic carbocycles. The first-order valence-corrected chi connectivity index (χ1v) is 32.1. The molecule has 0 saturated carbocycles. The van der Waals surface area contributed by atoms with Gasteiger partial charge < -0.3 is 19.6 Å². The van der Waals surface area contributed by atoms with Crippen LogP contribution in [0.15, 0.2) is 364 Å². The Bertz CT molecular complexity index is 4440. The summed E-state index contributed by atoms with van der Waals surface area (Å²) in [7, 11) is 4.51. The van der Waals surface area contributed by atoms with Gasteiger partial charge >= 0.3 is 0 Å². The summed E-state index contributed by atoms with van der Waals surface area (Å²) in [5.74, 6) is 0. The van der Waals surface area contributed by atoms with Crippen LogP contribution >= 0.6 is 0 Å². The van der Waals surface area contributed by atoms with E-state index in [1.165, 1.54) is 32.3 Å². The van der Waals surface area contributed by atoms with Gasteiger partial charge in [0.25, 0.3) is 0 Å². The van der Waals surface area contributed by atoms with E-state index >= 15 is 0 Å². The predicted molar refractivity (Wildman–Crippen MR) is 393 cm³/mol. The van der Waals surface area contributed by atoms with Crippen molar-refractivity contribution in [3.8, 4) is 45.0 Å². The van der Waals surface area contributed by atoms with Gasteiger partial charge in [0.05, 0.1) is 21.5 Å². The summed E-state index contributed by atoms with van der Waals surface area (Å²) in [5.41, 5.74) is 22.0. The first kappa shape index (κ1) is 56.8. The minimum atomic E-state index is 1.07. The Morgan fingerprint density at radius 2 is 0.298 bits per heavy atom. The lowest BCUT2D eigenvalue weighted by Crippen LogP contribution is -2.36. The minimum absolute atomic E-state index is 1.07. The number of rotatable bonds is 16. The molecule has 16 aromatic rings. The number of anilines is 12. The smallest absolute Gasteiger partial charge is 0.220 e. The molecule has 446 valence electrons. The number of pyridine rings is 2. The van der Waals surface area contributed by atoms with Gasteiger partial charge in [0.2, 0.25) is 22.8 Å². The van der Waals surface area contributed by atoms with E-state index in [0.717, 1.165) is 113 Å². The lowest BCUT2D eigenvalue weighted by Gasteiger charge is -2.26. The van der Waals surface area contributed by atoms with Crippen LogP contribution in [0.1, 0.15) is 0 Å². The average molecular weight is 1210 g/mol. The van der Waals surface area contributed by atoms with Gasteiger partial charge in [0.1, 0.15) is 14.1 Å². The van der Waals surface area contributed by atoms with Crippen LogP contribution in [0.3, 0.4) is 0 Å². The van der Waals surface area contributed by atoms with Gasteiger partial charge in [-0.2, -0.15) is 9.13 Å². The van der Waals surface area contributed by atoms with Crippen molar-refractivity contribution >= 4 is 101 Å². The summed E-state index contributed by atoms with van der Waals surface area (Å²) in [6.07, 6.45) is 0. The van der Waals surface area contributed by atoms with E-state index < -0.39 is 0 Å². The fourth-order valence-electron chi connectivity index (χ4n) is 14.1. The Morgan fingerprint density at radius 3 is 0.447 bits per heavy atom. The lowest BCUT2D eigenvalue weighted by molar-refractivity contribution is -0.647. The fourth-order valence-corrected chi connectivity index (χ4v) is 14.1. The second-order valence-electron chi connectivity index (χ2n) is 23.8. The maximum absolute atomic E-state index is 2.44. The molecule has 0 amide bonds. The summed E-state index contributed by atoms with van der Waals surface area (Å²) in [5, 5.41) is 7.11. The van der Waals surface area contributed by atoms with E-state index in [9.17, 15) is 0 Å². The summed E-state index contributed by atoms with van der Waals surface area (Å²) in [4.78, 5) is 9.33. The van der Waals surface area contributed by atoms with Gasteiger partial charge in [0.15, 0.2) is 0 Å². The number of benzene rings is 14. The van der Waals surface area contributed by atoms with Crippen LogP contribution in [0.2, 0.25) is 0 Å². The molecule has 94 heavy (non-hydrogen) atoms. The summed E-state index contributed by atoms with van der Waals surface area (Å²) in [6.45, 7) is 0. The molecular formula is C88H66N6+2. The molecule has 0 spiro atoms. The van der Waals surface area contributed by atoms with Crippen molar-refractivity contribution in [2.45, 2.75) is 0 Å². The van der Waals surface area contributed by atoms with E-state index in [1.807, 2.05) is 0 Å². The normalized spacial score (nSPS) is 11.3. The first-order valence-electron chi connectivity index (χ1n) is 32.1. The molecule has 0 N–H and O–H groups in total. The molecule has 16 rings (SSSR count). The van der Waals surface area contributed by atoms with E-state index in [-0.39, 0.29) is 0 Å². The van der Waals surface area contributed by atoms with Gasteiger partial charge in [-0.3, -0.25) is 0 Å². The van der Waals surface area contributed by atoms with Crippen LogP contribution in [-0.4, -0.2) is 0 Å². The van der Waals surface area contributed by atoms with Gasteiger partial charge in [-0.05, 0) is 218 Å². The first-order chi connectivity index (χ1) is 46.5. The molecule has 0 aliphatic carbocycles. The molecule has 0 fully saturated rings. The number of nitrogens with zero attached hydrogens (tertiary/aromatic N) is 6.